The number of aromatic nitrogens is 2. The molecule has 0 aliphatic rings. The average molecular weight is 196 g/mol. The lowest BCUT2D eigenvalue weighted by atomic mass is 10.4. The minimum Gasteiger partial charge on any atom is -0.475 e. The Bertz CT molecular complexity index is 316. The van der Waals surface area contributed by atoms with E-state index in [0.29, 0.717) is 13.2 Å². The summed E-state index contributed by atoms with van der Waals surface area (Å²) in [5.74, 6) is -0.465. The van der Waals surface area contributed by atoms with E-state index in [2.05, 4.69) is 15.3 Å². The maximum absolute atomic E-state index is 10.9. The van der Waals surface area contributed by atoms with Crippen molar-refractivity contribution in [1.82, 2.24) is 15.3 Å². The molecule has 0 radical (unpaired) electrons. The first-order valence-electron chi connectivity index (χ1n) is 4.14. The van der Waals surface area contributed by atoms with Crippen molar-refractivity contribution in [2.45, 2.75) is 0 Å². The smallest absolute Gasteiger partial charge is 0.272 e. The molecule has 3 N–H and O–H groups in total. The van der Waals surface area contributed by atoms with Crippen molar-refractivity contribution >= 4 is 5.91 Å². The summed E-state index contributed by atoms with van der Waals surface area (Å²) < 4.78 is 5.20. The predicted molar refractivity (Wildman–Crippen MR) is 50.0 cm³/mol. The van der Waals surface area contributed by atoms with Crippen molar-refractivity contribution in [2.75, 3.05) is 20.2 Å². The summed E-state index contributed by atoms with van der Waals surface area (Å²) in [5, 5.41) is 2.90. The fourth-order valence-corrected chi connectivity index (χ4v) is 0.850. The minimum atomic E-state index is -0.641. The number of nitrogens with two attached hydrogens (primary N) is 1. The van der Waals surface area contributed by atoms with Crippen LogP contribution in [0.4, 0.5) is 0 Å². The summed E-state index contributed by atoms with van der Waals surface area (Å²) in [5.41, 5.74) is 5.14. The van der Waals surface area contributed by atoms with Gasteiger partial charge in [0.2, 0.25) is 5.88 Å². The zero-order valence-electron chi connectivity index (χ0n) is 7.86. The highest BCUT2D eigenvalue weighted by molar-refractivity contribution is 5.92. The van der Waals surface area contributed by atoms with Gasteiger partial charge < -0.3 is 15.8 Å². The molecular weight excluding hydrogens is 184 g/mol. The lowest BCUT2D eigenvalue weighted by molar-refractivity contribution is 0.0990. The van der Waals surface area contributed by atoms with E-state index in [0.717, 1.165) is 0 Å². The molecule has 0 atom stereocenters. The van der Waals surface area contributed by atoms with Crippen molar-refractivity contribution in [3.63, 3.8) is 0 Å². The van der Waals surface area contributed by atoms with E-state index in [1.807, 2.05) is 0 Å². The molecule has 0 fully saturated rings. The van der Waals surface area contributed by atoms with Crippen molar-refractivity contribution < 1.29 is 9.53 Å². The van der Waals surface area contributed by atoms with Crippen LogP contribution < -0.4 is 15.8 Å². The zero-order valence-corrected chi connectivity index (χ0v) is 7.86. The van der Waals surface area contributed by atoms with Gasteiger partial charge in [0.25, 0.3) is 5.91 Å². The summed E-state index contributed by atoms with van der Waals surface area (Å²) in [7, 11) is 1.80. The predicted octanol–water partition coefficient (Wildman–Crippen LogP) is -0.826. The van der Waals surface area contributed by atoms with Crippen molar-refractivity contribution in [3.05, 3.63) is 18.1 Å². The Balaban J connectivity index is 2.69. The highest BCUT2D eigenvalue weighted by Gasteiger charge is 2.11. The summed E-state index contributed by atoms with van der Waals surface area (Å²) in [6.45, 7) is 1.07. The summed E-state index contributed by atoms with van der Waals surface area (Å²) >= 11 is 0. The molecule has 1 amide bonds. The third-order valence-corrected chi connectivity index (χ3v) is 1.49. The Kier molecular flexibility index (Phi) is 3.81. The van der Waals surface area contributed by atoms with Crippen LogP contribution in [0.3, 0.4) is 0 Å². The molecule has 1 aromatic heterocycles. The van der Waals surface area contributed by atoms with Gasteiger partial charge in [0.1, 0.15) is 6.61 Å². The first kappa shape index (κ1) is 10.4. The molecule has 0 saturated carbocycles. The molecule has 0 saturated heterocycles. The first-order chi connectivity index (χ1) is 6.75. The normalized spacial score (nSPS) is 9.79. The maximum Gasteiger partial charge on any atom is 0.272 e. The lowest BCUT2D eigenvalue weighted by Gasteiger charge is -2.06. The van der Waals surface area contributed by atoms with Crippen LogP contribution in [0.5, 0.6) is 5.88 Å². The average Bonchev–Trinajstić information content (AvgIpc) is 2.19. The first-order valence-corrected chi connectivity index (χ1v) is 4.14. The molecule has 1 rings (SSSR count). The number of carbonyl (C=O) groups excluding carboxylic acids is 1. The SMILES string of the molecule is CNCCOc1nccnc1C(N)=O. The summed E-state index contributed by atoms with van der Waals surface area (Å²) in [4.78, 5) is 18.5. The van der Waals surface area contributed by atoms with Crippen LogP contribution in [-0.2, 0) is 0 Å². The number of rotatable bonds is 5. The van der Waals surface area contributed by atoms with Crippen LogP contribution in [0, 0.1) is 0 Å². The van der Waals surface area contributed by atoms with E-state index in [9.17, 15) is 4.79 Å². The van der Waals surface area contributed by atoms with Gasteiger partial charge in [0, 0.05) is 18.9 Å². The van der Waals surface area contributed by atoms with E-state index in [1.165, 1.54) is 12.4 Å². The molecule has 6 nitrogen and oxygen atoms in total. The number of hydrogen-bond acceptors (Lipinski definition) is 5. The fraction of sp³-hybridized carbons (Fsp3) is 0.375. The molecule has 0 bridgehead atoms. The van der Waals surface area contributed by atoms with Gasteiger partial charge in [-0.15, -0.1) is 0 Å². The van der Waals surface area contributed by atoms with Crippen LogP contribution in [0.1, 0.15) is 10.5 Å². The van der Waals surface area contributed by atoms with Gasteiger partial charge in [-0.2, -0.15) is 0 Å². The van der Waals surface area contributed by atoms with E-state index in [1.54, 1.807) is 7.05 Å². The highest BCUT2D eigenvalue weighted by atomic mass is 16.5. The third kappa shape index (κ3) is 2.67. The number of hydrogen-bond donors (Lipinski definition) is 2. The Morgan fingerprint density at radius 3 is 2.93 bits per heavy atom. The third-order valence-electron chi connectivity index (χ3n) is 1.49. The van der Waals surface area contributed by atoms with Crippen molar-refractivity contribution in [2.24, 2.45) is 5.73 Å². The van der Waals surface area contributed by atoms with Crippen LogP contribution in [-0.4, -0.2) is 36.1 Å². The van der Waals surface area contributed by atoms with E-state index >= 15 is 0 Å². The number of primary amides is 1. The number of ether oxygens (including phenoxy) is 1. The number of amides is 1. The Morgan fingerprint density at radius 2 is 2.29 bits per heavy atom. The zero-order chi connectivity index (χ0) is 10.4. The maximum atomic E-state index is 10.9. The number of nitrogens with zero attached hydrogens (tertiary/aromatic N) is 2. The van der Waals surface area contributed by atoms with Crippen molar-refractivity contribution in [3.8, 4) is 5.88 Å². The largest absolute Gasteiger partial charge is 0.475 e. The topological polar surface area (TPSA) is 90.1 Å². The molecule has 0 aliphatic carbocycles. The minimum absolute atomic E-state index is 0.0589. The summed E-state index contributed by atoms with van der Waals surface area (Å²) in [6, 6.07) is 0. The standard InChI is InChI=1S/C8H12N4O2/c1-10-4-5-14-8-6(7(9)13)11-2-3-12-8/h2-3,10H,4-5H2,1H3,(H2,9,13). The number of carbonyl (C=O) groups is 1. The Hall–Kier alpha value is -1.69. The second kappa shape index (κ2) is 5.13. The molecule has 0 spiro atoms. The number of likely N-dealkylation sites (N-methyl/N-ethyl adjacent to an activating group) is 1. The molecule has 1 aromatic rings. The van der Waals surface area contributed by atoms with Gasteiger partial charge in [-0.3, -0.25) is 4.79 Å². The monoisotopic (exact) mass is 196 g/mol. The summed E-state index contributed by atoms with van der Waals surface area (Å²) in [6.07, 6.45) is 2.84. The van der Waals surface area contributed by atoms with E-state index in [4.69, 9.17) is 10.5 Å². The van der Waals surface area contributed by atoms with Gasteiger partial charge in [-0.05, 0) is 7.05 Å². The van der Waals surface area contributed by atoms with E-state index < -0.39 is 5.91 Å². The van der Waals surface area contributed by atoms with Gasteiger partial charge >= 0.3 is 0 Å². The second-order valence-corrected chi connectivity index (χ2v) is 2.53. The number of nitrogens with one attached hydrogen (secondary N) is 1. The van der Waals surface area contributed by atoms with Crippen LogP contribution in [0.25, 0.3) is 0 Å². The lowest BCUT2D eigenvalue weighted by Crippen LogP contribution is -2.20. The molecule has 1 heterocycles. The van der Waals surface area contributed by atoms with E-state index in [-0.39, 0.29) is 11.6 Å². The fourth-order valence-electron chi connectivity index (χ4n) is 0.850. The van der Waals surface area contributed by atoms with Gasteiger partial charge in [0.05, 0.1) is 0 Å². The van der Waals surface area contributed by atoms with Crippen LogP contribution >= 0.6 is 0 Å². The molecule has 0 aliphatic heterocycles. The highest BCUT2D eigenvalue weighted by Crippen LogP contribution is 2.09. The molecule has 0 unspecified atom stereocenters. The Morgan fingerprint density at radius 1 is 1.57 bits per heavy atom. The van der Waals surface area contributed by atoms with Gasteiger partial charge in [-0.25, -0.2) is 9.97 Å². The molecule has 14 heavy (non-hydrogen) atoms. The Labute approximate surface area is 81.5 Å². The molecule has 6 heteroatoms. The molecular formula is C8H12N4O2. The van der Waals surface area contributed by atoms with Crippen molar-refractivity contribution in [1.29, 1.82) is 0 Å². The second-order valence-electron chi connectivity index (χ2n) is 2.53. The van der Waals surface area contributed by atoms with Gasteiger partial charge in [0.15, 0.2) is 5.69 Å². The molecule has 76 valence electrons. The van der Waals surface area contributed by atoms with Crippen LogP contribution in [0.15, 0.2) is 12.4 Å². The van der Waals surface area contributed by atoms with Crippen LogP contribution in [0.2, 0.25) is 0 Å². The van der Waals surface area contributed by atoms with Gasteiger partial charge in [-0.1, -0.05) is 0 Å². The molecule has 0 aromatic carbocycles. The quantitative estimate of drug-likeness (QED) is 0.600.